The minimum Gasteiger partial charge on any atom is -0.228 e. The van der Waals surface area contributed by atoms with Gasteiger partial charge in [-0.25, -0.2) is 8.42 Å². The van der Waals surface area contributed by atoms with E-state index in [9.17, 15) is 52.3 Å². The van der Waals surface area contributed by atoms with Crippen molar-refractivity contribution in [2.24, 2.45) is 0 Å². The van der Waals surface area contributed by atoms with Gasteiger partial charge in [-0.3, -0.25) is 0 Å². The molecule has 2 nitrogen and oxygen atoms in total. The van der Waals surface area contributed by atoms with Crippen molar-refractivity contribution in [1.29, 1.82) is 0 Å². The molecule has 0 rings (SSSR count). The molecule has 29 heavy (non-hydrogen) atoms. The summed E-state index contributed by atoms with van der Waals surface area (Å²) >= 11 is 10.6. The Hall–Kier alpha value is -0.170. The number of halogens is 12. The lowest BCUT2D eigenvalue weighted by atomic mass is 10.1. The number of sulfone groups is 1. The lowest BCUT2D eigenvalue weighted by Crippen LogP contribution is -2.46. The first-order chi connectivity index (χ1) is 12.8. The van der Waals surface area contributed by atoms with E-state index in [2.05, 4.69) is 0 Å². The zero-order valence-corrected chi connectivity index (χ0v) is 16.9. The number of alkyl halides is 12. The van der Waals surface area contributed by atoms with E-state index < -0.39 is 70.2 Å². The molecule has 0 radical (unpaired) electrons. The van der Waals surface area contributed by atoms with E-state index in [1.165, 1.54) is 0 Å². The van der Waals surface area contributed by atoms with E-state index >= 15 is 0 Å². The Kier molecular flexibility index (Phi) is 10.4. The maximum absolute atomic E-state index is 13.4. The quantitative estimate of drug-likeness (QED) is 0.226. The third-order valence-electron chi connectivity index (χ3n) is 4.05. The van der Waals surface area contributed by atoms with Crippen LogP contribution in [-0.2, 0) is 9.84 Å². The zero-order chi connectivity index (χ0) is 23.3. The molecule has 0 amide bonds. The molecule has 0 spiro atoms. The summed E-state index contributed by atoms with van der Waals surface area (Å²) in [5, 5.41) is -5.05. The molecule has 0 aromatic rings. The van der Waals surface area contributed by atoms with Crippen LogP contribution in [0.4, 0.5) is 43.9 Å². The SMILES string of the molecule is O=S(=O)(C(CCCCl)CC(F)(F)C(F)(F)F)C(CCCCl)CC(F)(F)C(F)(F)F. The van der Waals surface area contributed by atoms with E-state index in [-0.39, 0.29) is 24.6 Å². The van der Waals surface area contributed by atoms with Crippen LogP contribution >= 0.6 is 23.2 Å². The van der Waals surface area contributed by atoms with Crippen LogP contribution in [0.5, 0.6) is 0 Å². The Morgan fingerprint density at radius 1 is 0.621 bits per heavy atom. The average Bonchev–Trinajstić information content (AvgIpc) is 2.52. The van der Waals surface area contributed by atoms with Gasteiger partial charge in [-0.1, -0.05) is 0 Å². The fraction of sp³-hybridized carbons (Fsp3) is 1.00. The van der Waals surface area contributed by atoms with Gasteiger partial charge in [-0.2, -0.15) is 43.9 Å². The van der Waals surface area contributed by atoms with E-state index in [0.717, 1.165) is 0 Å². The second-order valence-electron chi connectivity index (χ2n) is 6.31. The molecular formula is C14H18Cl2F10O2S. The molecule has 0 aliphatic heterocycles. The van der Waals surface area contributed by atoms with E-state index in [4.69, 9.17) is 23.2 Å². The molecule has 176 valence electrons. The Balaban J connectivity index is 6.04. The first kappa shape index (κ1) is 28.8. The summed E-state index contributed by atoms with van der Waals surface area (Å²) in [7, 11) is -5.27. The average molecular weight is 511 g/mol. The maximum Gasteiger partial charge on any atom is 0.453 e. The summed E-state index contributed by atoms with van der Waals surface area (Å²) < 4.78 is 154. The van der Waals surface area contributed by atoms with Gasteiger partial charge < -0.3 is 0 Å². The molecule has 0 aromatic carbocycles. The first-order valence-electron chi connectivity index (χ1n) is 8.07. The molecule has 0 heterocycles. The fourth-order valence-corrected chi connectivity index (χ4v) is 5.18. The summed E-state index contributed by atoms with van der Waals surface area (Å²) in [6.45, 7) is 0. The Morgan fingerprint density at radius 3 is 1.10 bits per heavy atom. The topological polar surface area (TPSA) is 34.1 Å². The van der Waals surface area contributed by atoms with Crippen molar-refractivity contribution in [3.05, 3.63) is 0 Å². The van der Waals surface area contributed by atoms with Crippen LogP contribution in [0, 0.1) is 0 Å². The molecule has 0 aliphatic carbocycles. The molecule has 0 fully saturated rings. The zero-order valence-electron chi connectivity index (χ0n) is 14.6. The van der Waals surface area contributed by atoms with Crippen molar-refractivity contribution in [2.75, 3.05) is 11.8 Å². The largest absolute Gasteiger partial charge is 0.453 e. The highest BCUT2D eigenvalue weighted by atomic mass is 35.5. The molecule has 0 bridgehead atoms. The smallest absolute Gasteiger partial charge is 0.228 e. The normalized spacial score (nSPS) is 16.7. The van der Waals surface area contributed by atoms with Gasteiger partial charge in [0.05, 0.1) is 10.5 Å². The molecule has 15 heteroatoms. The molecule has 2 atom stereocenters. The van der Waals surface area contributed by atoms with Gasteiger partial charge in [0.25, 0.3) is 0 Å². The van der Waals surface area contributed by atoms with Crippen LogP contribution in [-0.4, -0.2) is 54.9 Å². The van der Waals surface area contributed by atoms with Crippen LogP contribution in [0.15, 0.2) is 0 Å². The van der Waals surface area contributed by atoms with Crippen molar-refractivity contribution in [1.82, 2.24) is 0 Å². The minimum absolute atomic E-state index is 0.353. The number of hydrogen-bond donors (Lipinski definition) is 0. The third kappa shape index (κ3) is 8.12. The third-order valence-corrected chi connectivity index (χ3v) is 7.24. The van der Waals surface area contributed by atoms with Crippen molar-refractivity contribution in [3.63, 3.8) is 0 Å². The van der Waals surface area contributed by atoms with E-state index in [0.29, 0.717) is 0 Å². The van der Waals surface area contributed by atoms with Crippen LogP contribution in [0.25, 0.3) is 0 Å². The van der Waals surface area contributed by atoms with Gasteiger partial charge in [0, 0.05) is 24.6 Å². The molecule has 0 saturated heterocycles. The number of rotatable bonds is 12. The van der Waals surface area contributed by atoms with Gasteiger partial charge in [0.2, 0.25) is 0 Å². The Labute approximate surface area is 170 Å². The molecule has 0 saturated carbocycles. The predicted octanol–water partition coefficient (Wildman–Crippen LogP) is 6.35. The Morgan fingerprint density at radius 2 is 0.897 bits per heavy atom. The van der Waals surface area contributed by atoms with Crippen molar-refractivity contribution in [2.45, 2.75) is 73.2 Å². The summed E-state index contributed by atoms with van der Waals surface area (Å²) in [5.41, 5.74) is 0. The lowest BCUT2D eigenvalue weighted by Gasteiger charge is -2.30. The molecule has 0 aliphatic rings. The second-order valence-corrected chi connectivity index (χ2v) is 9.58. The van der Waals surface area contributed by atoms with Gasteiger partial charge in [0.1, 0.15) is 0 Å². The minimum atomic E-state index is -6.14. The molecule has 0 aromatic heterocycles. The van der Waals surface area contributed by atoms with Crippen molar-refractivity contribution >= 4 is 33.0 Å². The van der Waals surface area contributed by atoms with Gasteiger partial charge in [-0.15, -0.1) is 23.2 Å². The monoisotopic (exact) mass is 510 g/mol. The van der Waals surface area contributed by atoms with Gasteiger partial charge in [-0.05, 0) is 25.7 Å². The van der Waals surface area contributed by atoms with E-state index in [1.807, 2.05) is 0 Å². The lowest BCUT2D eigenvalue weighted by molar-refractivity contribution is -0.285. The molecular weight excluding hydrogens is 493 g/mol. The number of hydrogen-bond acceptors (Lipinski definition) is 2. The first-order valence-corrected chi connectivity index (χ1v) is 10.7. The second kappa shape index (κ2) is 10.4. The van der Waals surface area contributed by atoms with E-state index in [1.54, 1.807) is 0 Å². The standard InChI is InChI=1S/C14H18Cl2F10O2S/c15-5-1-3-9(7-11(17,18)13(21,22)23)29(27,28)10(4-2-6-16)8-12(19,20)14(24,25)26/h9-10H,1-8H2. The fourth-order valence-electron chi connectivity index (χ4n) is 2.45. The maximum atomic E-state index is 13.4. The van der Waals surface area contributed by atoms with Crippen LogP contribution in [0.1, 0.15) is 38.5 Å². The van der Waals surface area contributed by atoms with Gasteiger partial charge in [0.15, 0.2) is 9.84 Å². The molecule has 2 unspecified atom stereocenters. The summed E-state index contributed by atoms with van der Waals surface area (Å²) in [6, 6.07) is 0. The van der Waals surface area contributed by atoms with Crippen molar-refractivity contribution in [3.8, 4) is 0 Å². The van der Waals surface area contributed by atoms with Crippen LogP contribution in [0.2, 0.25) is 0 Å². The summed E-state index contributed by atoms with van der Waals surface area (Å²) in [4.78, 5) is 0. The van der Waals surface area contributed by atoms with Crippen LogP contribution < -0.4 is 0 Å². The summed E-state index contributed by atoms with van der Waals surface area (Å²) in [6.07, 6.45) is -19.4. The highest BCUT2D eigenvalue weighted by Gasteiger charge is 2.62. The van der Waals surface area contributed by atoms with Crippen LogP contribution in [0.3, 0.4) is 0 Å². The highest BCUT2D eigenvalue weighted by Crippen LogP contribution is 2.44. The summed E-state index contributed by atoms with van der Waals surface area (Å²) in [5.74, 6) is -11.7. The van der Waals surface area contributed by atoms with Crippen molar-refractivity contribution < 1.29 is 52.3 Å². The predicted molar refractivity (Wildman–Crippen MR) is 87.6 cm³/mol. The Bertz CT molecular complexity index is 558. The van der Waals surface area contributed by atoms with Gasteiger partial charge >= 0.3 is 24.2 Å². The highest BCUT2D eigenvalue weighted by molar-refractivity contribution is 7.92. The molecule has 0 N–H and O–H groups in total.